The predicted octanol–water partition coefficient (Wildman–Crippen LogP) is 1.37. The first-order valence-electron chi connectivity index (χ1n) is 6.61. The molecule has 1 fully saturated rings. The van der Waals surface area contributed by atoms with Gasteiger partial charge in [0.1, 0.15) is 0 Å². The first-order chi connectivity index (χ1) is 8.74. The predicted molar refractivity (Wildman–Crippen MR) is 66.5 cm³/mol. The van der Waals surface area contributed by atoms with Gasteiger partial charge in [0.15, 0.2) is 5.69 Å². The summed E-state index contributed by atoms with van der Waals surface area (Å²) >= 11 is 0. The number of aromatic nitrogens is 3. The van der Waals surface area contributed by atoms with Crippen LogP contribution in [0.5, 0.6) is 0 Å². The van der Waals surface area contributed by atoms with Crippen molar-refractivity contribution < 1.29 is 9.90 Å². The Balaban J connectivity index is 2.27. The third-order valence-electron chi connectivity index (χ3n) is 3.55. The molecule has 6 heteroatoms. The summed E-state index contributed by atoms with van der Waals surface area (Å²) in [6.45, 7) is 0.417. The van der Waals surface area contributed by atoms with Crippen LogP contribution in [0.4, 0.5) is 0 Å². The molecule has 0 aliphatic heterocycles. The molecule has 1 aromatic rings. The highest BCUT2D eigenvalue weighted by Gasteiger charge is 2.23. The van der Waals surface area contributed by atoms with E-state index in [0.29, 0.717) is 18.7 Å². The van der Waals surface area contributed by atoms with Crippen molar-refractivity contribution in [1.82, 2.24) is 15.0 Å². The zero-order valence-electron chi connectivity index (χ0n) is 10.5. The molecule has 1 aliphatic rings. The molecule has 6 nitrogen and oxygen atoms in total. The largest absolute Gasteiger partial charge is 0.476 e. The van der Waals surface area contributed by atoms with Gasteiger partial charge in [0.05, 0.1) is 11.7 Å². The monoisotopic (exact) mass is 252 g/mol. The van der Waals surface area contributed by atoms with Crippen molar-refractivity contribution in [3.05, 3.63) is 11.4 Å². The van der Waals surface area contributed by atoms with Crippen molar-refractivity contribution in [3.63, 3.8) is 0 Å². The summed E-state index contributed by atoms with van der Waals surface area (Å²) in [4.78, 5) is 11.1. The molecule has 0 aromatic carbocycles. The number of carboxylic acid groups (broad SMARTS) is 1. The number of aromatic carboxylic acids is 1. The second kappa shape index (κ2) is 5.95. The molecule has 0 atom stereocenters. The van der Waals surface area contributed by atoms with E-state index in [2.05, 4.69) is 10.3 Å². The minimum absolute atomic E-state index is 0.0599. The Kier molecular flexibility index (Phi) is 4.30. The van der Waals surface area contributed by atoms with Crippen LogP contribution >= 0.6 is 0 Å². The molecule has 3 N–H and O–H groups in total. The van der Waals surface area contributed by atoms with E-state index in [1.165, 1.54) is 25.7 Å². The topological polar surface area (TPSA) is 94.0 Å². The van der Waals surface area contributed by atoms with Crippen molar-refractivity contribution in [2.24, 2.45) is 5.73 Å². The third kappa shape index (κ3) is 2.69. The lowest BCUT2D eigenvalue weighted by atomic mass is 10.1. The normalized spacial score (nSPS) is 17.6. The molecule has 2 rings (SSSR count). The van der Waals surface area contributed by atoms with Gasteiger partial charge in [-0.2, -0.15) is 0 Å². The smallest absolute Gasteiger partial charge is 0.358 e. The Morgan fingerprint density at radius 1 is 1.33 bits per heavy atom. The average Bonchev–Trinajstić information content (AvgIpc) is 2.59. The van der Waals surface area contributed by atoms with Crippen LogP contribution in [0, 0.1) is 0 Å². The van der Waals surface area contributed by atoms with Gasteiger partial charge in [-0.25, -0.2) is 9.48 Å². The summed E-state index contributed by atoms with van der Waals surface area (Å²) in [5.41, 5.74) is 6.29. The number of rotatable bonds is 4. The SMILES string of the molecule is NCCc1c(C(=O)O)nnn1C1CCCCCC1. The van der Waals surface area contributed by atoms with E-state index < -0.39 is 5.97 Å². The number of nitrogens with two attached hydrogens (primary N) is 1. The van der Waals surface area contributed by atoms with Gasteiger partial charge < -0.3 is 10.8 Å². The molecule has 0 spiro atoms. The van der Waals surface area contributed by atoms with E-state index in [4.69, 9.17) is 10.8 Å². The summed E-state index contributed by atoms with van der Waals surface area (Å²) in [6, 6.07) is 0.287. The molecule has 0 amide bonds. The fourth-order valence-electron chi connectivity index (χ4n) is 2.64. The van der Waals surface area contributed by atoms with Crippen LogP contribution in [0.2, 0.25) is 0 Å². The van der Waals surface area contributed by atoms with Crippen LogP contribution in [0.3, 0.4) is 0 Å². The lowest BCUT2D eigenvalue weighted by Gasteiger charge is -2.16. The standard InChI is InChI=1S/C12H20N4O2/c13-8-7-10-11(12(17)18)14-15-16(10)9-5-3-1-2-4-6-9/h9H,1-8,13H2,(H,17,18). The maximum Gasteiger partial charge on any atom is 0.358 e. The summed E-state index contributed by atoms with van der Waals surface area (Å²) in [5.74, 6) is -1.02. The Morgan fingerprint density at radius 3 is 2.56 bits per heavy atom. The minimum Gasteiger partial charge on any atom is -0.476 e. The quantitative estimate of drug-likeness (QED) is 0.789. The lowest BCUT2D eigenvalue weighted by molar-refractivity contribution is 0.0689. The Labute approximate surface area is 106 Å². The van der Waals surface area contributed by atoms with E-state index in [9.17, 15) is 4.79 Å². The molecule has 0 radical (unpaired) electrons. The second-order valence-electron chi connectivity index (χ2n) is 4.82. The highest BCUT2D eigenvalue weighted by molar-refractivity contribution is 5.86. The molecular weight excluding hydrogens is 232 g/mol. The van der Waals surface area contributed by atoms with Gasteiger partial charge in [-0.15, -0.1) is 5.10 Å². The molecule has 1 heterocycles. The van der Waals surface area contributed by atoms with Crippen molar-refractivity contribution >= 4 is 5.97 Å². The van der Waals surface area contributed by atoms with Gasteiger partial charge in [-0.1, -0.05) is 30.9 Å². The lowest BCUT2D eigenvalue weighted by Crippen LogP contribution is -2.17. The summed E-state index contributed by atoms with van der Waals surface area (Å²) in [7, 11) is 0. The van der Waals surface area contributed by atoms with Gasteiger partial charge in [0, 0.05) is 6.42 Å². The maximum absolute atomic E-state index is 11.1. The van der Waals surface area contributed by atoms with Gasteiger partial charge in [-0.05, 0) is 19.4 Å². The van der Waals surface area contributed by atoms with E-state index in [-0.39, 0.29) is 11.7 Å². The first-order valence-corrected chi connectivity index (χ1v) is 6.61. The number of nitrogens with zero attached hydrogens (tertiary/aromatic N) is 3. The van der Waals surface area contributed by atoms with Gasteiger partial charge >= 0.3 is 5.97 Å². The van der Waals surface area contributed by atoms with Crippen molar-refractivity contribution in [2.75, 3.05) is 6.54 Å². The number of carboxylic acids is 1. The Hall–Kier alpha value is -1.43. The van der Waals surface area contributed by atoms with Crippen LogP contribution in [-0.4, -0.2) is 32.6 Å². The van der Waals surface area contributed by atoms with Crippen LogP contribution in [-0.2, 0) is 6.42 Å². The summed E-state index contributed by atoms with van der Waals surface area (Å²) < 4.78 is 1.81. The van der Waals surface area contributed by atoms with Crippen LogP contribution in [0.1, 0.15) is 60.7 Å². The molecule has 100 valence electrons. The molecular formula is C12H20N4O2. The van der Waals surface area contributed by atoms with Gasteiger partial charge in [0.25, 0.3) is 0 Å². The average molecular weight is 252 g/mol. The summed E-state index contributed by atoms with van der Waals surface area (Å²) in [5, 5.41) is 17.0. The van der Waals surface area contributed by atoms with Gasteiger partial charge in [-0.3, -0.25) is 0 Å². The maximum atomic E-state index is 11.1. The fraction of sp³-hybridized carbons (Fsp3) is 0.750. The van der Waals surface area contributed by atoms with Crippen LogP contribution in [0.25, 0.3) is 0 Å². The molecule has 18 heavy (non-hydrogen) atoms. The molecule has 0 unspecified atom stereocenters. The van der Waals surface area contributed by atoms with Crippen molar-refractivity contribution in [1.29, 1.82) is 0 Å². The van der Waals surface area contributed by atoms with Gasteiger partial charge in [0.2, 0.25) is 0 Å². The molecule has 0 saturated heterocycles. The van der Waals surface area contributed by atoms with E-state index >= 15 is 0 Å². The molecule has 1 saturated carbocycles. The molecule has 0 bridgehead atoms. The van der Waals surface area contributed by atoms with Crippen LogP contribution in [0.15, 0.2) is 0 Å². The fourth-order valence-corrected chi connectivity index (χ4v) is 2.64. The van der Waals surface area contributed by atoms with E-state index in [1.807, 2.05) is 4.68 Å². The Bertz CT molecular complexity index is 408. The Morgan fingerprint density at radius 2 is 2.00 bits per heavy atom. The second-order valence-corrected chi connectivity index (χ2v) is 4.82. The van der Waals surface area contributed by atoms with Crippen molar-refractivity contribution in [3.8, 4) is 0 Å². The zero-order chi connectivity index (χ0) is 13.0. The minimum atomic E-state index is -1.02. The van der Waals surface area contributed by atoms with Crippen LogP contribution < -0.4 is 5.73 Å². The molecule has 1 aromatic heterocycles. The molecule has 1 aliphatic carbocycles. The van der Waals surface area contributed by atoms with E-state index in [0.717, 1.165) is 12.8 Å². The summed E-state index contributed by atoms with van der Waals surface area (Å²) in [6.07, 6.45) is 7.49. The first kappa shape index (κ1) is 13.0. The highest BCUT2D eigenvalue weighted by Crippen LogP contribution is 2.28. The van der Waals surface area contributed by atoms with Crippen molar-refractivity contribution in [2.45, 2.75) is 51.0 Å². The highest BCUT2D eigenvalue weighted by atomic mass is 16.4. The number of hydrogen-bond donors (Lipinski definition) is 2. The third-order valence-corrected chi connectivity index (χ3v) is 3.55. The zero-order valence-corrected chi connectivity index (χ0v) is 10.5. The van der Waals surface area contributed by atoms with E-state index in [1.54, 1.807) is 0 Å². The number of hydrogen-bond acceptors (Lipinski definition) is 4. The number of carbonyl (C=O) groups is 1.